The highest BCUT2D eigenvalue weighted by Gasteiger charge is 2.20. The number of likely N-dealkylation sites (N-methyl/N-ethyl adjacent to an activating group) is 1. The van der Waals surface area contributed by atoms with E-state index in [9.17, 15) is 0 Å². The number of halogens is 2. The molecular weight excluding hydrogens is 305 g/mol. The van der Waals surface area contributed by atoms with Gasteiger partial charge in [0.2, 0.25) is 0 Å². The van der Waals surface area contributed by atoms with E-state index in [4.69, 9.17) is 23.2 Å². The smallest absolute Gasteiger partial charge is 0.0850 e. The van der Waals surface area contributed by atoms with Crippen molar-refractivity contribution in [1.29, 1.82) is 0 Å². The summed E-state index contributed by atoms with van der Waals surface area (Å²) in [4.78, 5) is 0. The zero-order valence-electron chi connectivity index (χ0n) is 12.9. The van der Waals surface area contributed by atoms with E-state index in [2.05, 4.69) is 23.4 Å². The Morgan fingerprint density at radius 1 is 1.33 bits per heavy atom. The molecular formula is C16H21Cl2N3. The number of nitrogens with zero attached hydrogens (tertiary/aromatic N) is 2. The lowest BCUT2D eigenvalue weighted by atomic mass is 9.97. The van der Waals surface area contributed by atoms with E-state index in [1.807, 2.05) is 37.8 Å². The molecule has 3 nitrogen and oxygen atoms in total. The molecule has 1 unspecified atom stereocenters. The Morgan fingerprint density at radius 2 is 2.05 bits per heavy atom. The van der Waals surface area contributed by atoms with E-state index in [0.29, 0.717) is 0 Å². The average molecular weight is 326 g/mol. The Labute approximate surface area is 136 Å². The Bertz CT molecular complexity index is 635. The van der Waals surface area contributed by atoms with Gasteiger partial charge in [0.1, 0.15) is 0 Å². The van der Waals surface area contributed by atoms with Crippen LogP contribution in [0.2, 0.25) is 10.0 Å². The summed E-state index contributed by atoms with van der Waals surface area (Å²) in [5.74, 6) is 0. The highest BCUT2D eigenvalue weighted by atomic mass is 35.5. The van der Waals surface area contributed by atoms with Gasteiger partial charge in [-0.3, -0.25) is 4.68 Å². The Kier molecular flexibility index (Phi) is 5.31. The summed E-state index contributed by atoms with van der Waals surface area (Å²) in [6.07, 6.45) is 1.62. The van der Waals surface area contributed by atoms with Gasteiger partial charge in [-0.05, 0) is 37.6 Å². The van der Waals surface area contributed by atoms with E-state index >= 15 is 0 Å². The quantitative estimate of drug-likeness (QED) is 0.896. The number of hydrogen-bond acceptors (Lipinski definition) is 2. The lowest BCUT2D eigenvalue weighted by molar-refractivity contribution is 0.559. The second kappa shape index (κ2) is 6.82. The molecule has 0 aliphatic rings. The molecule has 0 spiro atoms. The standard InChI is InChI=1S/C16H21Cl2N3/c1-5-13-16(18)15(21(4)20-13)9-14(19-3)11-7-6-8-12(17)10(11)2/h6-8,14,19H,5,9H2,1-4H3. The van der Waals surface area contributed by atoms with Crippen LogP contribution in [0.1, 0.15) is 35.5 Å². The van der Waals surface area contributed by atoms with Crippen molar-refractivity contribution in [1.82, 2.24) is 15.1 Å². The van der Waals surface area contributed by atoms with Crippen LogP contribution in [0.5, 0.6) is 0 Å². The van der Waals surface area contributed by atoms with Crippen molar-refractivity contribution >= 4 is 23.2 Å². The molecule has 1 atom stereocenters. The van der Waals surface area contributed by atoms with Gasteiger partial charge in [0.15, 0.2) is 0 Å². The first-order chi connectivity index (χ1) is 9.99. The van der Waals surface area contributed by atoms with Gasteiger partial charge in [-0.1, -0.05) is 42.3 Å². The number of aromatic nitrogens is 2. The maximum atomic E-state index is 6.45. The Hall–Kier alpha value is -1.03. The monoisotopic (exact) mass is 325 g/mol. The first-order valence-corrected chi connectivity index (χ1v) is 7.87. The van der Waals surface area contributed by atoms with Crippen LogP contribution in [0, 0.1) is 6.92 Å². The molecule has 5 heteroatoms. The van der Waals surface area contributed by atoms with Crippen molar-refractivity contribution in [2.75, 3.05) is 7.05 Å². The van der Waals surface area contributed by atoms with E-state index in [0.717, 1.165) is 39.8 Å². The summed E-state index contributed by atoms with van der Waals surface area (Å²) in [6.45, 7) is 4.11. The van der Waals surface area contributed by atoms with Crippen LogP contribution in [-0.2, 0) is 19.9 Å². The van der Waals surface area contributed by atoms with Gasteiger partial charge < -0.3 is 5.32 Å². The zero-order chi connectivity index (χ0) is 15.6. The lowest BCUT2D eigenvalue weighted by Crippen LogP contribution is -2.21. The minimum atomic E-state index is 0.154. The summed E-state index contributed by atoms with van der Waals surface area (Å²) in [6, 6.07) is 6.16. The predicted octanol–water partition coefficient (Wildman–Crippen LogP) is 4.10. The first-order valence-electron chi connectivity index (χ1n) is 7.12. The molecule has 0 saturated carbocycles. The van der Waals surface area contributed by atoms with Gasteiger partial charge in [-0.15, -0.1) is 0 Å². The minimum absolute atomic E-state index is 0.154. The van der Waals surface area contributed by atoms with Crippen molar-refractivity contribution < 1.29 is 0 Å². The largest absolute Gasteiger partial charge is 0.313 e. The third kappa shape index (κ3) is 3.25. The van der Waals surface area contributed by atoms with Gasteiger partial charge in [0.25, 0.3) is 0 Å². The fraction of sp³-hybridized carbons (Fsp3) is 0.438. The Balaban J connectivity index is 2.36. The SMILES string of the molecule is CCc1nn(C)c(CC(NC)c2cccc(Cl)c2C)c1Cl. The number of hydrogen-bond donors (Lipinski definition) is 1. The highest BCUT2D eigenvalue weighted by molar-refractivity contribution is 6.32. The molecule has 0 saturated heterocycles. The summed E-state index contributed by atoms with van der Waals surface area (Å²) >= 11 is 12.7. The highest BCUT2D eigenvalue weighted by Crippen LogP contribution is 2.29. The zero-order valence-corrected chi connectivity index (χ0v) is 14.4. The van der Waals surface area contributed by atoms with Crippen molar-refractivity contribution in [2.24, 2.45) is 7.05 Å². The molecule has 2 rings (SSSR count). The third-order valence-corrected chi connectivity index (χ3v) is 4.78. The second-order valence-corrected chi connectivity index (χ2v) is 5.97. The van der Waals surface area contributed by atoms with Gasteiger partial charge >= 0.3 is 0 Å². The van der Waals surface area contributed by atoms with Gasteiger partial charge in [0.05, 0.1) is 16.4 Å². The van der Waals surface area contributed by atoms with E-state index < -0.39 is 0 Å². The topological polar surface area (TPSA) is 29.9 Å². The van der Waals surface area contributed by atoms with Gasteiger partial charge in [-0.25, -0.2) is 0 Å². The number of nitrogens with one attached hydrogen (secondary N) is 1. The van der Waals surface area contributed by atoms with Crippen molar-refractivity contribution in [3.05, 3.63) is 50.8 Å². The molecule has 0 bridgehead atoms. The van der Waals surface area contributed by atoms with Crippen LogP contribution >= 0.6 is 23.2 Å². The third-order valence-electron chi connectivity index (χ3n) is 3.93. The molecule has 0 aliphatic carbocycles. The maximum absolute atomic E-state index is 6.45. The van der Waals surface area contributed by atoms with Crippen LogP contribution in [0.15, 0.2) is 18.2 Å². The Morgan fingerprint density at radius 3 is 2.62 bits per heavy atom. The van der Waals surface area contributed by atoms with E-state index in [1.54, 1.807) is 0 Å². The van der Waals surface area contributed by atoms with E-state index in [1.165, 1.54) is 5.56 Å². The fourth-order valence-electron chi connectivity index (χ4n) is 2.60. The summed E-state index contributed by atoms with van der Waals surface area (Å²) in [5, 5.41) is 9.41. The average Bonchev–Trinajstić information content (AvgIpc) is 2.74. The molecule has 2 aromatic rings. The lowest BCUT2D eigenvalue weighted by Gasteiger charge is -2.20. The van der Waals surface area contributed by atoms with Crippen LogP contribution in [-0.4, -0.2) is 16.8 Å². The maximum Gasteiger partial charge on any atom is 0.0850 e. The molecule has 0 radical (unpaired) electrons. The van der Waals surface area contributed by atoms with Crippen molar-refractivity contribution in [2.45, 2.75) is 32.7 Å². The summed E-state index contributed by atoms with van der Waals surface area (Å²) in [7, 11) is 3.90. The summed E-state index contributed by atoms with van der Waals surface area (Å²) < 4.78 is 1.88. The fourth-order valence-corrected chi connectivity index (χ4v) is 3.16. The van der Waals surface area contributed by atoms with Gasteiger partial charge in [-0.2, -0.15) is 5.10 Å². The number of benzene rings is 1. The van der Waals surface area contributed by atoms with Crippen LogP contribution < -0.4 is 5.32 Å². The normalized spacial score (nSPS) is 12.7. The molecule has 1 aromatic carbocycles. The molecule has 1 N–H and O–H groups in total. The first kappa shape index (κ1) is 16.3. The number of rotatable bonds is 5. The second-order valence-electron chi connectivity index (χ2n) is 5.18. The van der Waals surface area contributed by atoms with Crippen molar-refractivity contribution in [3.63, 3.8) is 0 Å². The molecule has 0 aliphatic heterocycles. The summed E-state index contributed by atoms with van der Waals surface area (Å²) in [5.41, 5.74) is 4.30. The van der Waals surface area contributed by atoms with Crippen LogP contribution in [0.4, 0.5) is 0 Å². The molecule has 0 amide bonds. The van der Waals surface area contributed by atoms with Gasteiger partial charge in [0, 0.05) is 24.5 Å². The molecule has 1 heterocycles. The minimum Gasteiger partial charge on any atom is -0.313 e. The van der Waals surface area contributed by atoms with Crippen LogP contribution in [0.25, 0.3) is 0 Å². The number of aryl methyl sites for hydroxylation is 2. The molecule has 114 valence electrons. The molecule has 21 heavy (non-hydrogen) atoms. The van der Waals surface area contributed by atoms with Crippen molar-refractivity contribution in [3.8, 4) is 0 Å². The van der Waals surface area contributed by atoms with E-state index in [-0.39, 0.29) is 6.04 Å². The van der Waals surface area contributed by atoms with Crippen LogP contribution in [0.3, 0.4) is 0 Å². The molecule has 1 aromatic heterocycles. The molecule has 0 fully saturated rings. The predicted molar refractivity (Wildman–Crippen MR) is 89.3 cm³/mol.